The molecule has 1 aromatic carbocycles. The number of nitrogens with zero attached hydrogens (tertiary/aromatic N) is 3. The van der Waals surface area contributed by atoms with Gasteiger partial charge in [-0.05, 0) is 61.4 Å². The summed E-state index contributed by atoms with van der Waals surface area (Å²) < 4.78 is 1.58. The van der Waals surface area contributed by atoms with Gasteiger partial charge in [-0.15, -0.1) is 0 Å². The molecule has 7 heteroatoms. The van der Waals surface area contributed by atoms with E-state index in [2.05, 4.69) is 15.4 Å². The van der Waals surface area contributed by atoms with Crippen molar-refractivity contribution in [1.82, 2.24) is 14.6 Å². The number of fused-ring (bicyclic) bond motifs is 1. The Morgan fingerprint density at radius 2 is 2.07 bits per heavy atom. The van der Waals surface area contributed by atoms with Crippen molar-refractivity contribution in [3.05, 3.63) is 53.0 Å². The topological polar surface area (TPSA) is 76.4 Å². The van der Waals surface area contributed by atoms with E-state index in [0.29, 0.717) is 40.4 Å². The van der Waals surface area contributed by atoms with Crippen molar-refractivity contribution in [3.63, 3.8) is 0 Å². The van der Waals surface area contributed by atoms with Crippen molar-refractivity contribution in [2.24, 2.45) is 5.92 Å². The molecular formula is C20H19ClN4O2. The molecule has 6 nitrogen and oxygen atoms in total. The summed E-state index contributed by atoms with van der Waals surface area (Å²) in [6, 6.07) is 5.66. The number of nitrogens with one attached hydrogen (secondary N) is 1. The molecule has 4 rings (SSSR count). The number of ketones is 1. The van der Waals surface area contributed by atoms with Crippen LogP contribution in [0.5, 0.6) is 0 Å². The highest BCUT2D eigenvalue weighted by atomic mass is 35.5. The SMILES string of the molecule is Cc1ccc(C(=O)CC2CC2)cc1Nc1ncnn2cc(C(=O)Cl)c(C)c12. The van der Waals surface area contributed by atoms with E-state index in [1.807, 2.05) is 32.0 Å². The van der Waals surface area contributed by atoms with Crippen molar-refractivity contribution >= 4 is 39.6 Å². The Morgan fingerprint density at radius 1 is 1.30 bits per heavy atom. The molecule has 2 aromatic heterocycles. The lowest BCUT2D eigenvalue weighted by molar-refractivity contribution is 0.0975. The minimum Gasteiger partial charge on any atom is -0.338 e. The number of benzene rings is 1. The number of hydrogen-bond acceptors (Lipinski definition) is 5. The third-order valence-electron chi connectivity index (χ3n) is 5.02. The number of aryl methyl sites for hydroxylation is 2. The Kier molecular flexibility index (Phi) is 4.44. The molecule has 0 aliphatic heterocycles. The van der Waals surface area contributed by atoms with Gasteiger partial charge < -0.3 is 5.32 Å². The maximum absolute atomic E-state index is 12.4. The van der Waals surface area contributed by atoms with Gasteiger partial charge in [0.25, 0.3) is 5.24 Å². The maximum atomic E-state index is 12.4. The number of aromatic nitrogens is 3. The van der Waals surface area contributed by atoms with Crippen LogP contribution in [0.25, 0.3) is 5.52 Å². The number of halogens is 1. The predicted molar refractivity (Wildman–Crippen MR) is 104 cm³/mol. The first-order valence-electron chi connectivity index (χ1n) is 8.87. The van der Waals surface area contributed by atoms with E-state index in [0.717, 1.165) is 24.1 Å². The summed E-state index contributed by atoms with van der Waals surface area (Å²) in [5, 5.41) is 6.92. The first-order chi connectivity index (χ1) is 12.9. The second-order valence-electron chi connectivity index (χ2n) is 7.07. The normalized spacial score (nSPS) is 13.7. The van der Waals surface area contributed by atoms with Crippen molar-refractivity contribution in [2.45, 2.75) is 33.1 Å². The minimum absolute atomic E-state index is 0.169. The molecule has 0 atom stereocenters. The fourth-order valence-corrected chi connectivity index (χ4v) is 3.40. The van der Waals surface area contributed by atoms with E-state index >= 15 is 0 Å². The van der Waals surface area contributed by atoms with Crippen molar-refractivity contribution < 1.29 is 9.59 Å². The van der Waals surface area contributed by atoms with Crippen LogP contribution in [0.2, 0.25) is 0 Å². The van der Waals surface area contributed by atoms with Crippen LogP contribution >= 0.6 is 11.6 Å². The van der Waals surface area contributed by atoms with Gasteiger partial charge in [-0.25, -0.2) is 9.50 Å². The first-order valence-corrected chi connectivity index (χ1v) is 9.25. The standard InChI is InChI=1S/C20H19ClN4O2/c1-11-3-6-14(17(26)7-13-4-5-13)8-16(11)24-20-18-12(2)15(19(21)27)9-25(18)23-10-22-20/h3,6,8-10,13H,4-5,7H2,1-2H3,(H,22,23,24). The smallest absolute Gasteiger partial charge is 0.254 e. The summed E-state index contributed by atoms with van der Waals surface area (Å²) in [5.74, 6) is 1.27. The summed E-state index contributed by atoms with van der Waals surface area (Å²) in [4.78, 5) is 28.4. The van der Waals surface area contributed by atoms with Crippen LogP contribution in [0.4, 0.5) is 11.5 Å². The lowest BCUT2D eigenvalue weighted by Crippen LogP contribution is -2.04. The highest BCUT2D eigenvalue weighted by Crippen LogP contribution is 2.34. The average Bonchev–Trinajstić information content (AvgIpc) is 3.38. The van der Waals surface area contributed by atoms with Gasteiger partial charge in [-0.2, -0.15) is 5.10 Å². The Hall–Kier alpha value is -2.73. The molecule has 1 N–H and O–H groups in total. The zero-order valence-electron chi connectivity index (χ0n) is 15.1. The molecule has 1 aliphatic rings. The Labute approximate surface area is 161 Å². The van der Waals surface area contributed by atoms with Crippen LogP contribution in [-0.4, -0.2) is 25.6 Å². The number of carbonyl (C=O) groups is 2. The summed E-state index contributed by atoms with van der Waals surface area (Å²) in [7, 11) is 0. The van der Waals surface area contributed by atoms with Gasteiger partial charge in [-0.1, -0.05) is 12.1 Å². The van der Waals surface area contributed by atoms with Gasteiger partial charge in [0.2, 0.25) is 0 Å². The van der Waals surface area contributed by atoms with Crippen molar-refractivity contribution in [1.29, 1.82) is 0 Å². The second kappa shape index (κ2) is 6.78. The molecule has 0 unspecified atom stereocenters. The van der Waals surface area contributed by atoms with Crippen molar-refractivity contribution in [3.8, 4) is 0 Å². The van der Waals surface area contributed by atoms with Crippen LogP contribution in [-0.2, 0) is 0 Å². The highest BCUT2D eigenvalue weighted by Gasteiger charge is 2.25. The number of carbonyl (C=O) groups excluding carboxylic acids is 2. The second-order valence-corrected chi connectivity index (χ2v) is 7.41. The summed E-state index contributed by atoms with van der Waals surface area (Å²) >= 11 is 5.66. The number of Topliss-reactive ketones (excluding diaryl/α,β-unsaturated/α-hetero) is 1. The molecule has 0 spiro atoms. The summed E-state index contributed by atoms with van der Waals surface area (Å²) in [6.07, 6.45) is 5.91. The Bertz CT molecular complexity index is 1070. The molecule has 1 saturated carbocycles. The van der Waals surface area contributed by atoms with E-state index < -0.39 is 5.24 Å². The molecule has 0 amide bonds. The summed E-state index contributed by atoms with van der Waals surface area (Å²) in [6.45, 7) is 3.77. The monoisotopic (exact) mass is 382 g/mol. The number of hydrogen-bond donors (Lipinski definition) is 1. The van der Waals surface area contributed by atoms with E-state index in [1.54, 1.807) is 10.7 Å². The van der Waals surface area contributed by atoms with Crippen molar-refractivity contribution in [2.75, 3.05) is 5.32 Å². The van der Waals surface area contributed by atoms with Gasteiger partial charge >= 0.3 is 0 Å². The minimum atomic E-state index is -0.534. The van der Waals surface area contributed by atoms with Crippen LogP contribution in [0.3, 0.4) is 0 Å². The molecule has 0 saturated heterocycles. The maximum Gasteiger partial charge on any atom is 0.254 e. The van der Waals surface area contributed by atoms with Gasteiger partial charge in [-0.3, -0.25) is 9.59 Å². The first kappa shape index (κ1) is 17.7. The highest BCUT2D eigenvalue weighted by molar-refractivity contribution is 6.68. The fourth-order valence-electron chi connectivity index (χ4n) is 3.21. The number of anilines is 2. The van der Waals surface area contributed by atoms with Gasteiger partial charge in [0.15, 0.2) is 11.6 Å². The predicted octanol–water partition coefficient (Wildman–Crippen LogP) is 4.45. The van der Waals surface area contributed by atoms with Gasteiger partial charge in [0, 0.05) is 23.9 Å². The molecule has 27 heavy (non-hydrogen) atoms. The van der Waals surface area contributed by atoms with Crippen LogP contribution in [0.15, 0.2) is 30.7 Å². The molecular weight excluding hydrogens is 364 g/mol. The Morgan fingerprint density at radius 3 is 2.78 bits per heavy atom. The van der Waals surface area contributed by atoms with Gasteiger partial charge in [0.05, 0.1) is 5.56 Å². The Balaban J connectivity index is 1.71. The number of rotatable bonds is 6. The quantitative estimate of drug-likeness (QED) is 0.503. The van der Waals surface area contributed by atoms with Crippen LogP contribution in [0, 0.1) is 19.8 Å². The van der Waals surface area contributed by atoms with E-state index in [9.17, 15) is 9.59 Å². The third-order valence-corrected chi connectivity index (χ3v) is 5.23. The largest absolute Gasteiger partial charge is 0.338 e. The van der Waals surface area contributed by atoms with Crippen LogP contribution < -0.4 is 5.32 Å². The fraction of sp³-hybridized carbons (Fsp3) is 0.300. The molecule has 138 valence electrons. The molecule has 1 aliphatic carbocycles. The van der Waals surface area contributed by atoms with E-state index in [4.69, 9.17) is 11.6 Å². The lowest BCUT2D eigenvalue weighted by atomic mass is 10.0. The zero-order chi connectivity index (χ0) is 19.1. The van der Waals surface area contributed by atoms with E-state index in [1.165, 1.54) is 6.33 Å². The zero-order valence-corrected chi connectivity index (χ0v) is 15.9. The molecule has 3 aromatic rings. The lowest BCUT2D eigenvalue weighted by Gasteiger charge is -2.12. The van der Waals surface area contributed by atoms with Gasteiger partial charge in [0.1, 0.15) is 11.8 Å². The average molecular weight is 383 g/mol. The molecule has 2 heterocycles. The molecule has 0 radical (unpaired) electrons. The molecule has 0 bridgehead atoms. The molecule has 1 fully saturated rings. The van der Waals surface area contributed by atoms with E-state index in [-0.39, 0.29) is 5.78 Å². The third kappa shape index (κ3) is 3.45. The van der Waals surface area contributed by atoms with Crippen LogP contribution in [0.1, 0.15) is 51.1 Å². The summed E-state index contributed by atoms with van der Waals surface area (Å²) in [5.41, 5.74) is 4.27.